The molecule has 8 nitrogen and oxygen atoms in total. The van der Waals surface area contributed by atoms with Crippen molar-refractivity contribution in [1.29, 1.82) is 0 Å². The summed E-state index contributed by atoms with van der Waals surface area (Å²) in [5, 5.41) is 2.75. The number of sulfonamides is 1. The number of likely N-dealkylation sites (tertiary alicyclic amines) is 1. The highest BCUT2D eigenvalue weighted by Gasteiger charge is 2.37. The SMILES string of the molecule is CC(=O)c1ccc(S(=O)(=O)N2CCCC[C@H]2C(=O)NCCC(=O)N2CCCC2)cc1. The van der Waals surface area contributed by atoms with Gasteiger partial charge in [-0.25, -0.2) is 8.42 Å². The van der Waals surface area contributed by atoms with E-state index in [0.717, 1.165) is 32.4 Å². The summed E-state index contributed by atoms with van der Waals surface area (Å²) >= 11 is 0. The van der Waals surface area contributed by atoms with Gasteiger partial charge in [0.2, 0.25) is 21.8 Å². The van der Waals surface area contributed by atoms with Crippen LogP contribution in [0.5, 0.6) is 0 Å². The Hall–Kier alpha value is -2.26. The molecule has 2 saturated heterocycles. The van der Waals surface area contributed by atoms with Crippen molar-refractivity contribution in [3.05, 3.63) is 29.8 Å². The minimum Gasteiger partial charge on any atom is -0.354 e. The van der Waals surface area contributed by atoms with Gasteiger partial charge in [-0.3, -0.25) is 14.4 Å². The van der Waals surface area contributed by atoms with Crippen molar-refractivity contribution in [2.24, 2.45) is 0 Å². The number of piperidine rings is 1. The molecule has 30 heavy (non-hydrogen) atoms. The molecule has 1 aromatic rings. The molecule has 0 unspecified atom stereocenters. The van der Waals surface area contributed by atoms with Gasteiger partial charge >= 0.3 is 0 Å². The van der Waals surface area contributed by atoms with Crippen LogP contribution < -0.4 is 5.32 Å². The lowest BCUT2D eigenvalue weighted by atomic mass is 10.0. The first-order valence-electron chi connectivity index (χ1n) is 10.5. The van der Waals surface area contributed by atoms with E-state index >= 15 is 0 Å². The first kappa shape index (κ1) is 22.4. The summed E-state index contributed by atoms with van der Waals surface area (Å²) < 4.78 is 27.5. The second kappa shape index (κ2) is 9.70. The van der Waals surface area contributed by atoms with Crippen molar-refractivity contribution in [3.8, 4) is 0 Å². The van der Waals surface area contributed by atoms with E-state index in [2.05, 4.69) is 5.32 Å². The summed E-state index contributed by atoms with van der Waals surface area (Å²) in [5.74, 6) is -0.489. The molecule has 0 spiro atoms. The second-order valence-electron chi connectivity index (χ2n) is 7.84. The zero-order valence-electron chi connectivity index (χ0n) is 17.3. The van der Waals surface area contributed by atoms with Gasteiger partial charge in [-0.2, -0.15) is 4.31 Å². The van der Waals surface area contributed by atoms with Crippen molar-refractivity contribution in [3.63, 3.8) is 0 Å². The zero-order chi connectivity index (χ0) is 21.7. The average Bonchev–Trinajstić information content (AvgIpc) is 3.28. The third kappa shape index (κ3) is 5.07. The molecule has 1 aromatic carbocycles. The van der Waals surface area contributed by atoms with Crippen molar-refractivity contribution < 1.29 is 22.8 Å². The van der Waals surface area contributed by atoms with Crippen LogP contribution in [0.4, 0.5) is 0 Å². The number of hydrogen-bond acceptors (Lipinski definition) is 5. The number of carbonyl (C=O) groups excluding carboxylic acids is 3. The van der Waals surface area contributed by atoms with Gasteiger partial charge in [-0.05, 0) is 44.7 Å². The van der Waals surface area contributed by atoms with Crippen LogP contribution in [0.3, 0.4) is 0 Å². The molecule has 2 fully saturated rings. The molecule has 1 N–H and O–H groups in total. The third-order valence-corrected chi connectivity index (χ3v) is 7.64. The van der Waals surface area contributed by atoms with E-state index in [-0.39, 0.29) is 42.0 Å². The lowest BCUT2D eigenvalue weighted by molar-refractivity contribution is -0.130. The van der Waals surface area contributed by atoms with Crippen molar-refractivity contribution in [2.75, 3.05) is 26.2 Å². The van der Waals surface area contributed by atoms with Crippen LogP contribution in [0.2, 0.25) is 0 Å². The first-order valence-corrected chi connectivity index (χ1v) is 11.9. The zero-order valence-corrected chi connectivity index (χ0v) is 18.1. The van der Waals surface area contributed by atoms with Gasteiger partial charge in [0.05, 0.1) is 4.90 Å². The number of amides is 2. The summed E-state index contributed by atoms with van der Waals surface area (Å²) in [5.41, 5.74) is 0.435. The van der Waals surface area contributed by atoms with Gasteiger partial charge in [-0.1, -0.05) is 18.6 Å². The number of benzene rings is 1. The third-order valence-electron chi connectivity index (χ3n) is 5.72. The molecular weight excluding hydrogens is 406 g/mol. The Labute approximate surface area is 177 Å². The predicted molar refractivity (Wildman–Crippen MR) is 111 cm³/mol. The Bertz CT molecular complexity index is 892. The first-order chi connectivity index (χ1) is 14.3. The lowest BCUT2D eigenvalue weighted by Gasteiger charge is -2.33. The maximum atomic E-state index is 13.1. The standard InChI is InChI=1S/C21H29N3O5S/c1-16(25)17-7-9-18(10-8-17)30(28,29)24-15-3-2-6-19(24)21(27)22-12-11-20(26)23-13-4-5-14-23/h7-10,19H,2-6,11-15H2,1H3,(H,22,27)/t19-/m0/s1. The van der Waals surface area contributed by atoms with Crippen LogP contribution in [0, 0.1) is 0 Å². The van der Waals surface area contributed by atoms with E-state index < -0.39 is 16.1 Å². The molecule has 0 saturated carbocycles. The van der Waals surface area contributed by atoms with Gasteiger partial charge in [-0.15, -0.1) is 0 Å². The highest BCUT2D eigenvalue weighted by Crippen LogP contribution is 2.26. The second-order valence-corrected chi connectivity index (χ2v) is 9.73. The Morgan fingerprint density at radius 3 is 2.27 bits per heavy atom. The Morgan fingerprint density at radius 2 is 1.63 bits per heavy atom. The average molecular weight is 436 g/mol. The van der Waals surface area contributed by atoms with Gasteiger partial charge < -0.3 is 10.2 Å². The van der Waals surface area contributed by atoms with Crippen molar-refractivity contribution in [2.45, 2.75) is 56.4 Å². The van der Waals surface area contributed by atoms with Crippen LogP contribution >= 0.6 is 0 Å². The number of ketones is 1. The Balaban J connectivity index is 1.65. The summed E-state index contributed by atoms with van der Waals surface area (Å²) in [7, 11) is -3.87. The molecule has 164 valence electrons. The van der Waals surface area contributed by atoms with Gasteiger partial charge in [0.1, 0.15) is 6.04 Å². The number of hydrogen-bond donors (Lipinski definition) is 1. The molecule has 0 radical (unpaired) electrons. The summed E-state index contributed by atoms with van der Waals surface area (Å²) in [6.45, 7) is 3.42. The van der Waals surface area contributed by atoms with Crippen LogP contribution in [-0.4, -0.2) is 67.4 Å². The number of carbonyl (C=O) groups is 3. The molecule has 1 atom stereocenters. The molecule has 2 aliphatic heterocycles. The fraction of sp³-hybridized carbons (Fsp3) is 0.571. The van der Waals surface area contributed by atoms with E-state index in [9.17, 15) is 22.8 Å². The Kier molecular flexibility index (Phi) is 7.25. The summed E-state index contributed by atoms with van der Waals surface area (Å²) in [4.78, 5) is 38.2. The smallest absolute Gasteiger partial charge is 0.243 e. The fourth-order valence-corrected chi connectivity index (χ4v) is 5.64. The molecule has 2 heterocycles. The van der Waals surface area contributed by atoms with E-state index in [0.29, 0.717) is 18.4 Å². The molecule has 2 amide bonds. The minimum atomic E-state index is -3.87. The number of nitrogens with one attached hydrogen (secondary N) is 1. The highest BCUT2D eigenvalue weighted by molar-refractivity contribution is 7.89. The minimum absolute atomic E-state index is 0.0199. The molecule has 3 rings (SSSR count). The summed E-state index contributed by atoms with van der Waals surface area (Å²) in [6.07, 6.45) is 4.14. The summed E-state index contributed by atoms with van der Waals surface area (Å²) in [6, 6.07) is 4.99. The Morgan fingerprint density at radius 1 is 1.00 bits per heavy atom. The number of nitrogens with zero attached hydrogens (tertiary/aromatic N) is 2. The largest absolute Gasteiger partial charge is 0.354 e. The number of Topliss-reactive ketones (excluding diaryl/α,β-unsaturated/α-hetero) is 1. The van der Waals surface area contributed by atoms with Gasteiger partial charge in [0, 0.05) is 38.2 Å². The molecular formula is C21H29N3O5S. The molecule has 0 aromatic heterocycles. The number of rotatable bonds is 7. The van der Waals surface area contributed by atoms with E-state index in [1.807, 2.05) is 0 Å². The van der Waals surface area contributed by atoms with Crippen LogP contribution in [0.15, 0.2) is 29.2 Å². The highest BCUT2D eigenvalue weighted by atomic mass is 32.2. The fourth-order valence-electron chi connectivity index (χ4n) is 3.99. The van der Waals surface area contributed by atoms with Gasteiger partial charge in [0.15, 0.2) is 5.78 Å². The quantitative estimate of drug-likeness (QED) is 0.655. The topological polar surface area (TPSA) is 104 Å². The maximum Gasteiger partial charge on any atom is 0.243 e. The lowest BCUT2D eigenvalue weighted by Crippen LogP contribution is -2.52. The molecule has 0 aliphatic carbocycles. The van der Waals surface area contributed by atoms with Crippen molar-refractivity contribution in [1.82, 2.24) is 14.5 Å². The van der Waals surface area contributed by atoms with E-state index in [4.69, 9.17) is 0 Å². The van der Waals surface area contributed by atoms with Crippen LogP contribution in [0.1, 0.15) is 55.8 Å². The predicted octanol–water partition coefficient (Wildman–Crippen LogP) is 1.56. The monoisotopic (exact) mass is 435 g/mol. The van der Waals surface area contributed by atoms with E-state index in [1.54, 1.807) is 4.90 Å². The molecule has 2 aliphatic rings. The molecule has 0 bridgehead atoms. The molecule has 9 heteroatoms. The maximum absolute atomic E-state index is 13.1. The van der Waals surface area contributed by atoms with Gasteiger partial charge in [0.25, 0.3) is 0 Å². The van der Waals surface area contributed by atoms with Crippen LogP contribution in [0.25, 0.3) is 0 Å². The normalized spacial score (nSPS) is 20.2. The van der Waals surface area contributed by atoms with Crippen LogP contribution in [-0.2, 0) is 19.6 Å². The van der Waals surface area contributed by atoms with Crippen molar-refractivity contribution >= 4 is 27.6 Å². The van der Waals surface area contributed by atoms with E-state index in [1.165, 1.54) is 35.5 Å².